The minimum Gasteiger partial charge on any atom is -0.381 e. The van der Waals surface area contributed by atoms with Crippen molar-refractivity contribution in [1.29, 1.82) is 0 Å². The van der Waals surface area contributed by atoms with Gasteiger partial charge in [0.15, 0.2) is 0 Å². The van der Waals surface area contributed by atoms with Crippen LogP contribution in [0.3, 0.4) is 0 Å². The second-order valence-corrected chi connectivity index (χ2v) is 4.29. The van der Waals surface area contributed by atoms with Crippen molar-refractivity contribution in [3.05, 3.63) is 0 Å². The minimum absolute atomic E-state index is 0.812. The summed E-state index contributed by atoms with van der Waals surface area (Å²) in [5.41, 5.74) is 5.50. The summed E-state index contributed by atoms with van der Waals surface area (Å²) in [5.74, 6) is 1.67. The van der Waals surface area contributed by atoms with Gasteiger partial charge in [-0.3, -0.25) is 0 Å². The first-order valence-corrected chi connectivity index (χ1v) is 5.40. The van der Waals surface area contributed by atoms with Gasteiger partial charge in [-0.05, 0) is 38.4 Å². The third-order valence-corrected chi connectivity index (χ3v) is 3.32. The van der Waals surface area contributed by atoms with Crippen LogP contribution in [-0.2, 0) is 4.74 Å². The van der Waals surface area contributed by atoms with E-state index in [9.17, 15) is 0 Å². The molecule has 2 heterocycles. The Kier molecular flexibility index (Phi) is 3.19. The Balaban J connectivity index is 1.76. The van der Waals surface area contributed by atoms with Gasteiger partial charge in [0.1, 0.15) is 0 Å². The lowest BCUT2D eigenvalue weighted by molar-refractivity contribution is 0.146. The van der Waals surface area contributed by atoms with Crippen LogP contribution in [0.2, 0.25) is 0 Å². The van der Waals surface area contributed by atoms with Crippen LogP contribution in [0.1, 0.15) is 12.8 Å². The number of hydrogen-bond donors (Lipinski definition) is 1. The largest absolute Gasteiger partial charge is 0.381 e. The lowest BCUT2D eigenvalue weighted by atomic mass is 9.89. The smallest absolute Gasteiger partial charge is 0.0510 e. The summed E-state index contributed by atoms with van der Waals surface area (Å²) >= 11 is 0. The first-order chi connectivity index (χ1) is 6.40. The van der Waals surface area contributed by atoms with Gasteiger partial charge in [0, 0.05) is 19.1 Å². The minimum atomic E-state index is 0.812. The highest BCUT2D eigenvalue weighted by atomic mass is 16.5. The summed E-state index contributed by atoms with van der Waals surface area (Å²) in [6.07, 6.45) is 2.47. The van der Waals surface area contributed by atoms with Crippen LogP contribution >= 0.6 is 0 Å². The molecular weight excluding hydrogens is 164 g/mol. The maximum Gasteiger partial charge on any atom is 0.0510 e. The normalized spacial score (nSPS) is 34.8. The lowest BCUT2D eigenvalue weighted by Crippen LogP contribution is -2.40. The maximum absolute atomic E-state index is 5.50. The molecule has 2 atom stereocenters. The topological polar surface area (TPSA) is 38.5 Å². The molecule has 0 aromatic carbocycles. The number of nitrogens with zero attached hydrogens (tertiary/aromatic N) is 1. The molecule has 2 aliphatic rings. The van der Waals surface area contributed by atoms with Crippen molar-refractivity contribution in [3.63, 3.8) is 0 Å². The number of rotatable bonds is 3. The van der Waals surface area contributed by atoms with Crippen molar-refractivity contribution in [2.24, 2.45) is 17.6 Å². The van der Waals surface area contributed by atoms with Gasteiger partial charge in [0.2, 0.25) is 0 Å². The first-order valence-electron chi connectivity index (χ1n) is 5.40. The fourth-order valence-corrected chi connectivity index (χ4v) is 2.45. The number of likely N-dealkylation sites (tertiary alicyclic amines) is 1. The summed E-state index contributed by atoms with van der Waals surface area (Å²) in [6, 6.07) is 0. The van der Waals surface area contributed by atoms with Crippen molar-refractivity contribution >= 4 is 0 Å². The number of hydrogen-bond acceptors (Lipinski definition) is 3. The predicted molar refractivity (Wildman–Crippen MR) is 52.5 cm³/mol. The summed E-state index contributed by atoms with van der Waals surface area (Å²) in [7, 11) is 0. The molecule has 0 amide bonds. The molecule has 2 saturated heterocycles. The number of piperidine rings is 1. The average molecular weight is 184 g/mol. The molecule has 0 aliphatic carbocycles. The van der Waals surface area contributed by atoms with Crippen LogP contribution in [0.25, 0.3) is 0 Å². The van der Waals surface area contributed by atoms with Crippen molar-refractivity contribution < 1.29 is 4.74 Å². The average Bonchev–Trinajstić information content (AvgIpc) is 2.61. The number of nitrogens with two attached hydrogens (primary N) is 1. The molecule has 0 aromatic rings. The quantitative estimate of drug-likeness (QED) is 0.686. The van der Waals surface area contributed by atoms with Crippen LogP contribution in [-0.4, -0.2) is 44.3 Å². The predicted octanol–water partition coefficient (Wildman–Crippen LogP) is 0.304. The monoisotopic (exact) mass is 184 g/mol. The van der Waals surface area contributed by atoms with Gasteiger partial charge in [0.25, 0.3) is 0 Å². The van der Waals surface area contributed by atoms with Crippen LogP contribution in [0.5, 0.6) is 0 Å². The molecule has 2 fully saturated rings. The molecule has 2 N–H and O–H groups in total. The van der Waals surface area contributed by atoms with Crippen LogP contribution in [0.15, 0.2) is 0 Å². The molecule has 0 aromatic heterocycles. The summed E-state index contributed by atoms with van der Waals surface area (Å²) in [4.78, 5) is 2.54. The molecule has 2 aliphatic heterocycles. The zero-order chi connectivity index (χ0) is 9.10. The summed E-state index contributed by atoms with van der Waals surface area (Å²) in [6.45, 7) is 6.50. The Bertz CT molecular complexity index is 163. The van der Waals surface area contributed by atoms with Crippen molar-refractivity contribution in [2.75, 3.05) is 39.4 Å². The second kappa shape index (κ2) is 4.40. The second-order valence-electron chi connectivity index (χ2n) is 4.29. The van der Waals surface area contributed by atoms with Crippen LogP contribution < -0.4 is 5.73 Å². The Morgan fingerprint density at radius 3 is 3.00 bits per heavy atom. The van der Waals surface area contributed by atoms with E-state index in [0.29, 0.717) is 0 Å². The van der Waals surface area contributed by atoms with E-state index in [0.717, 1.165) is 38.0 Å². The van der Waals surface area contributed by atoms with E-state index in [1.165, 1.54) is 26.1 Å². The van der Waals surface area contributed by atoms with Gasteiger partial charge in [-0.2, -0.15) is 0 Å². The molecule has 3 nitrogen and oxygen atoms in total. The summed E-state index contributed by atoms with van der Waals surface area (Å²) in [5, 5.41) is 0. The van der Waals surface area contributed by atoms with E-state index in [4.69, 9.17) is 10.5 Å². The maximum atomic E-state index is 5.50. The van der Waals surface area contributed by atoms with E-state index in [1.54, 1.807) is 0 Å². The first kappa shape index (κ1) is 9.44. The Morgan fingerprint density at radius 2 is 2.15 bits per heavy atom. The molecule has 0 saturated carbocycles. The van der Waals surface area contributed by atoms with E-state index in [2.05, 4.69) is 4.90 Å². The van der Waals surface area contributed by atoms with Gasteiger partial charge >= 0.3 is 0 Å². The molecule has 76 valence electrons. The Morgan fingerprint density at radius 1 is 1.31 bits per heavy atom. The lowest BCUT2D eigenvalue weighted by Gasteiger charge is -2.33. The molecule has 3 heteroatoms. The van der Waals surface area contributed by atoms with Crippen molar-refractivity contribution in [1.82, 2.24) is 4.90 Å². The Labute approximate surface area is 80.2 Å². The van der Waals surface area contributed by atoms with Gasteiger partial charge in [0.05, 0.1) is 6.61 Å². The molecule has 0 unspecified atom stereocenters. The zero-order valence-electron chi connectivity index (χ0n) is 8.24. The summed E-state index contributed by atoms with van der Waals surface area (Å²) < 4.78 is 5.49. The van der Waals surface area contributed by atoms with E-state index in [1.807, 2.05) is 0 Å². The van der Waals surface area contributed by atoms with E-state index < -0.39 is 0 Å². The standard InChI is InChI=1S/C10H20N2O/c11-3-1-4-12-5-2-9-7-13-8-10(9)6-12/h9-10H,1-8,11H2/t9-,10+/m0/s1. The van der Waals surface area contributed by atoms with E-state index >= 15 is 0 Å². The van der Waals surface area contributed by atoms with Gasteiger partial charge < -0.3 is 15.4 Å². The third-order valence-electron chi connectivity index (χ3n) is 3.32. The Hall–Kier alpha value is -0.120. The van der Waals surface area contributed by atoms with E-state index in [-0.39, 0.29) is 0 Å². The SMILES string of the molecule is NCCCN1CC[C@H]2COC[C@H]2C1. The van der Waals surface area contributed by atoms with Crippen LogP contribution in [0, 0.1) is 11.8 Å². The number of ether oxygens (including phenoxy) is 1. The molecule has 0 radical (unpaired) electrons. The molecule has 2 rings (SSSR count). The van der Waals surface area contributed by atoms with Gasteiger partial charge in [-0.25, -0.2) is 0 Å². The van der Waals surface area contributed by atoms with Crippen LogP contribution in [0.4, 0.5) is 0 Å². The molecule has 13 heavy (non-hydrogen) atoms. The highest BCUT2D eigenvalue weighted by molar-refractivity contribution is 4.83. The molecular formula is C10H20N2O. The molecule has 0 bridgehead atoms. The third kappa shape index (κ3) is 2.22. The number of fused-ring (bicyclic) bond motifs is 1. The molecule has 0 spiro atoms. The van der Waals surface area contributed by atoms with Gasteiger partial charge in [-0.15, -0.1) is 0 Å². The highest BCUT2D eigenvalue weighted by Crippen LogP contribution is 2.28. The van der Waals surface area contributed by atoms with Crippen molar-refractivity contribution in [3.8, 4) is 0 Å². The highest BCUT2D eigenvalue weighted by Gasteiger charge is 2.33. The van der Waals surface area contributed by atoms with Crippen molar-refractivity contribution in [2.45, 2.75) is 12.8 Å². The van der Waals surface area contributed by atoms with Gasteiger partial charge in [-0.1, -0.05) is 0 Å². The zero-order valence-corrected chi connectivity index (χ0v) is 8.24. The fraction of sp³-hybridized carbons (Fsp3) is 1.00. The fourth-order valence-electron chi connectivity index (χ4n) is 2.45.